The number of carbonyl (C=O) groups is 1. The molecule has 3 rings (SSSR count). The molecule has 28 heavy (non-hydrogen) atoms. The number of thioether (sulfide) groups is 1. The second-order valence-corrected chi connectivity index (χ2v) is 7.88. The van der Waals surface area contributed by atoms with Crippen molar-refractivity contribution in [1.82, 2.24) is 14.8 Å². The van der Waals surface area contributed by atoms with E-state index in [1.165, 1.54) is 22.9 Å². The van der Waals surface area contributed by atoms with Gasteiger partial charge in [-0.15, -0.1) is 10.2 Å². The predicted octanol–water partition coefficient (Wildman–Crippen LogP) is 4.70. The lowest BCUT2D eigenvalue weighted by molar-refractivity contribution is 0.102. The standard InChI is InChI=1S/C22H25N3O2S/c1-13-11-14(2)20(16(4)15(13)3)19(26)12-28-22-24-23-21(25(22)5)17-7-9-18(27-6)10-8-17/h7-11H,12H2,1-6H3. The Morgan fingerprint density at radius 2 is 1.71 bits per heavy atom. The quantitative estimate of drug-likeness (QED) is 0.447. The molecule has 0 aliphatic rings. The number of ketones is 1. The van der Waals surface area contributed by atoms with E-state index in [0.29, 0.717) is 5.75 Å². The van der Waals surface area contributed by atoms with Crippen molar-refractivity contribution < 1.29 is 9.53 Å². The smallest absolute Gasteiger partial charge is 0.191 e. The number of nitrogens with zero attached hydrogens (tertiary/aromatic N) is 3. The van der Waals surface area contributed by atoms with Crippen LogP contribution in [0.4, 0.5) is 0 Å². The Hall–Kier alpha value is -2.60. The summed E-state index contributed by atoms with van der Waals surface area (Å²) in [4.78, 5) is 12.9. The molecule has 0 saturated carbocycles. The summed E-state index contributed by atoms with van der Waals surface area (Å²) in [5.74, 6) is 2.01. The molecule has 0 fully saturated rings. The number of carbonyl (C=O) groups excluding carboxylic acids is 1. The maximum absolute atomic E-state index is 12.9. The molecule has 0 saturated heterocycles. The van der Waals surface area contributed by atoms with Crippen LogP contribution in [0.25, 0.3) is 11.4 Å². The van der Waals surface area contributed by atoms with E-state index in [1.54, 1.807) is 7.11 Å². The summed E-state index contributed by atoms with van der Waals surface area (Å²) in [5, 5.41) is 9.28. The maximum atomic E-state index is 12.9. The Labute approximate surface area is 170 Å². The van der Waals surface area contributed by atoms with E-state index < -0.39 is 0 Å². The first-order chi connectivity index (χ1) is 13.3. The van der Waals surface area contributed by atoms with Crippen molar-refractivity contribution in [1.29, 1.82) is 0 Å². The van der Waals surface area contributed by atoms with Crippen LogP contribution in [0.3, 0.4) is 0 Å². The molecule has 0 aliphatic heterocycles. The summed E-state index contributed by atoms with van der Waals surface area (Å²) < 4.78 is 7.11. The lowest BCUT2D eigenvalue weighted by Crippen LogP contribution is -2.10. The Morgan fingerprint density at radius 1 is 1.04 bits per heavy atom. The first kappa shape index (κ1) is 20.1. The number of aromatic nitrogens is 3. The summed E-state index contributed by atoms with van der Waals surface area (Å²) in [7, 11) is 3.56. The summed E-state index contributed by atoms with van der Waals surface area (Å²) in [6, 6.07) is 9.77. The lowest BCUT2D eigenvalue weighted by Gasteiger charge is -2.14. The summed E-state index contributed by atoms with van der Waals surface area (Å²) in [6.07, 6.45) is 0. The van der Waals surface area contributed by atoms with Gasteiger partial charge in [-0.1, -0.05) is 17.8 Å². The maximum Gasteiger partial charge on any atom is 0.191 e. The van der Waals surface area contributed by atoms with Crippen molar-refractivity contribution in [3.63, 3.8) is 0 Å². The fraction of sp³-hybridized carbons (Fsp3) is 0.318. The van der Waals surface area contributed by atoms with E-state index in [1.807, 2.05) is 49.7 Å². The molecule has 0 unspecified atom stereocenters. The SMILES string of the molecule is COc1ccc(-c2nnc(SCC(=O)c3c(C)cc(C)c(C)c3C)n2C)cc1. The topological polar surface area (TPSA) is 57.0 Å². The molecule has 0 amide bonds. The molecule has 2 aromatic carbocycles. The number of hydrogen-bond acceptors (Lipinski definition) is 5. The minimum absolute atomic E-state index is 0.122. The Balaban J connectivity index is 1.78. The Morgan fingerprint density at radius 3 is 2.36 bits per heavy atom. The number of methoxy groups -OCH3 is 1. The highest BCUT2D eigenvalue weighted by Gasteiger charge is 2.18. The van der Waals surface area contributed by atoms with Gasteiger partial charge in [0, 0.05) is 18.2 Å². The molecule has 1 aromatic heterocycles. The van der Waals surface area contributed by atoms with Crippen LogP contribution < -0.4 is 4.74 Å². The van der Waals surface area contributed by atoms with Crippen LogP contribution in [0, 0.1) is 27.7 Å². The van der Waals surface area contributed by atoms with Gasteiger partial charge in [-0.2, -0.15) is 0 Å². The zero-order valence-electron chi connectivity index (χ0n) is 17.2. The van der Waals surface area contributed by atoms with Gasteiger partial charge in [-0.05, 0) is 74.2 Å². The highest BCUT2D eigenvalue weighted by atomic mass is 32.2. The van der Waals surface area contributed by atoms with Crippen molar-refractivity contribution in [3.8, 4) is 17.1 Å². The lowest BCUT2D eigenvalue weighted by atomic mass is 9.92. The van der Waals surface area contributed by atoms with Crippen LogP contribution in [0.1, 0.15) is 32.6 Å². The molecular formula is C22H25N3O2S. The van der Waals surface area contributed by atoms with E-state index >= 15 is 0 Å². The average Bonchev–Trinajstić information content (AvgIpc) is 3.05. The van der Waals surface area contributed by atoms with Crippen LogP contribution in [-0.2, 0) is 7.05 Å². The molecule has 6 heteroatoms. The first-order valence-electron chi connectivity index (χ1n) is 9.10. The summed E-state index contributed by atoms with van der Waals surface area (Å²) in [5.41, 5.74) is 6.28. The van der Waals surface area contributed by atoms with E-state index in [9.17, 15) is 4.79 Å². The minimum Gasteiger partial charge on any atom is -0.497 e. The van der Waals surface area contributed by atoms with Gasteiger partial charge in [0.25, 0.3) is 0 Å². The highest BCUT2D eigenvalue weighted by molar-refractivity contribution is 7.99. The van der Waals surface area contributed by atoms with Crippen molar-refractivity contribution >= 4 is 17.5 Å². The molecule has 5 nitrogen and oxygen atoms in total. The molecule has 0 aliphatic carbocycles. The van der Waals surface area contributed by atoms with Gasteiger partial charge in [0.2, 0.25) is 0 Å². The van der Waals surface area contributed by atoms with Crippen molar-refractivity contribution in [2.45, 2.75) is 32.9 Å². The highest BCUT2D eigenvalue weighted by Crippen LogP contribution is 2.27. The normalized spacial score (nSPS) is 10.9. The third-order valence-corrected chi connectivity index (χ3v) is 6.17. The molecule has 0 bridgehead atoms. The monoisotopic (exact) mass is 395 g/mol. The molecular weight excluding hydrogens is 370 g/mol. The van der Waals surface area contributed by atoms with Gasteiger partial charge in [-0.3, -0.25) is 4.79 Å². The fourth-order valence-corrected chi connectivity index (χ4v) is 4.13. The van der Waals surface area contributed by atoms with Crippen LogP contribution in [0.2, 0.25) is 0 Å². The zero-order chi connectivity index (χ0) is 20.4. The second-order valence-electron chi connectivity index (χ2n) is 6.94. The summed E-state index contributed by atoms with van der Waals surface area (Å²) in [6.45, 7) is 8.18. The van der Waals surface area contributed by atoms with E-state index in [2.05, 4.69) is 30.1 Å². The first-order valence-corrected chi connectivity index (χ1v) is 10.1. The number of Topliss-reactive ketones (excluding diaryl/α,β-unsaturated/α-hetero) is 1. The van der Waals surface area contributed by atoms with Crippen LogP contribution in [0.15, 0.2) is 35.5 Å². The molecule has 146 valence electrons. The zero-order valence-corrected chi connectivity index (χ0v) is 18.0. The Bertz CT molecular complexity index is 1020. The fourth-order valence-electron chi connectivity index (χ4n) is 3.35. The molecule has 1 heterocycles. The molecule has 0 radical (unpaired) electrons. The van der Waals surface area contributed by atoms with Gasteiger partial charge in [0.1, 0.15) is 5.75 Å². The van der Waals surface area contributed by atoms with Crippen LogP contribution in [-0.4, -0.2) is 33.4 Å². The second kappa shape index (κ2) is 8.19. The third-order valence-electron chi connectivity index (χ3n) is 5.15. The van der Waals surface area contributed by atoms with Gasteiger partial charge in [-0.25, -0.2) is 0 Å². The van der Waals surface area contributed by atoms with Gasteiger partial charge < -0.3 is 9.30 Å². The Kier molecular flexibility index (Phi) is 5.89. The number of aryl methyl sites for hydroxylation is 2. The minimum atomic E-state index is 0.122. The van der Waals surface area contributed by atoms with Crippen LogP contribution >= 0.6 is 11.8 Å². The largest absolute Gasteiger partial charge is 0.497 e. The predicted molar refractivity (Wildman–Crippen MR) is 113 cm³/mol. The van der Waals surface area contributed by atoms with Crippen molar-refractivity contribution in [2.75, 3.05) is 12.9 Å². The number of hydrogen-bond donors (Lipinski definition) is 0. The van der Waals surface area contributed by atoms with Crippen LogP contribution in [0.5, 0.6) is 5.75 Å². The van der Waals surface area contributed by atoms with Gasteiger partial charge >= 0.3 is 0 Å². The van der Waals surface area contributed by atoms with E-state index in [-0.39, 0.29) is 5.78 Å². The van der Waals surface area contributed by atoms with E-state index in [0.717, 1.165) is 39.0 Å². The van der Waals surface area contributed by atoms with Gasteiger partial charge in [0.05, 0.1) is 12.9 Å². The van der Waals surface area contributed by atoms with E-state index in [4.69, 9.17) is 4.74 Å². The van der Waals surface area contributed by atoms with Crippen molar-refractivity contribution in [3.05, 3.63) is 58.1 Å². The molecule has 0 spiro atoms. The molecule has 3 aromatic rings. The number of benzene rings is 2. The average molecular weight is 396 g/mol. The molecule has 0 atom stereocenters. The number of ether oxygens (including phenoxy) is 1. The summed E-state index contributed by atoms with van der Waals surface area (Å²) >= 11 is 1.42. The van der Waals surface area contributed by atoms with Gasteiger partial charge in [0.15, 0.2) is 16.8 Å². The third kappa shape index (κ3) is 3.83. The number of rotatable bonds is 6. The molecule has 0 N–H and O–H groups in total. The van der Waals surface area contributed by atoms with Crippen molar-refractivity contribution in [2.24, 2.45) is 7.05 Å².